The van der Waals surface area contributed by atoms with Crippen LogP contribution in [0.5, 0.6) is 0 Å². The van der Waals surface area contributed by atoms with E-state index in [0.29, 0.717) is 0 Å². The van der Waals surface area contributed by atoms with Crippen LogP contribution in [0.1, 0.15) is 19.0 Å². The van der Waals surface area contributed by atoms with E-state index in [0.717, 1.165) is 38.1 Å². The van der Waals surface area contributed by atoms with Gasteiger partial charge in [0.2, 0.25) is 0 Å². The molecule has 21 heavy (non-hydrogen) atoms. The van der Waals surface area contributed by atoms with E-state index in [2.05, 4.69) is 51.2 Å². The Morgan fingerprint density at radius 1 is 1.19 bits per heavy atom. The number of nitrogens with zero attached hydrogens (tertiary/aromatic N) is 4. The summed E-state index contributed by atoms with van der Waals surface area (Å²) in [7, 11) is 0. The Morgan fingerprint density at radius 2 is 2.10 bits per heavy atom. The third-order valence-corrected chi connectivity index (χ3v) is 3.69. The van der Waals surface area contributed by atoms with Crippen molar-refractivity contribution in [1.29, 1.82) is 0 Å². The second kappa shape index (κ2) is 6.54. The summed E-state index contributed by atoms with van der Waals surface area (Å²) in [5.41, 5.74) is 3.52. The molecule has 0 saturated heterocycles. The Hall–Kier alpha value is -2.14. The van der Waals surface area contributed by atoms with Gasteiger partial charge in [-0.1, -0.05) is 12.1 Å². The zero-order valence-electron chi connectivity index (χ0n) is 12.4. The number of nitrogens with one attached hydrogen (secondary N) is 1. The van der Waals surface area contributed by atoms with Gasteiger partial charge in [0, 0.05) is 25.8 Å². The van der Waals surface area contributed by atoms with Gasteiger partial charge in [0.05, 0.1) is 23.1 Å². The Balaban J connectivity index is 1.46. The number of aryl methyl sites for hydroxylation is 2. The van der Waals surface area contributed by atoms with Gasteiger partial charge in [0.15, 0.2) is 0 Å². The minimum absolute atomic E-state index is 0.874. The highest BCUT2D eigenvalue weighted by Crippen LogP contribution is 2.11. The Bertz CT molecular complexity index is 697. The second-order valence-corrected chi connectivity index (χ2v) is 5.10. The summed E-state index contributed by atoms with van der Waals surface area (Å²) >= 11 is 0. The summed E-state index contributed by atoms with van der Waals surface area (Å²) in [4.78, 5) is 4.41. The third-order valence-electron chi connectivity index (χ3n) is 3.69. The van der Waals surface area contributed by atoms with Gasteiger partial charge in [0.1, 0.15) is 0 Å². The minimum Gasteiger partial charge on any atom is -0.331 e. The SMILES string of the molecule is CCn1nccc1CNCCCn1cnc2ccccc21. The van der Waals surface area contributed by atoms with E-state index in [-0.39, 0.29) is 0 Å². The van der Waals surface area contributed by atoms with Crippen LogP contribution in [0, 0.1) is 0 Å². The van der Waals surface area contributed by atoms with E-state index < -0.39 is 0 Å². The first-order valence-electron chi connectivity index (χ1n) is 7.49. The van der Waals surface area contributed by atoms with Crippen molar-refractivity contribution in [2.45, 2.75) is 33.0 Å². The average molecular weight is 283 g/mol. The molecule has 0 bridgehead atoms. The molecule has 2 aromatic heterocycles. The van der Waals surface area contributed by atoms with Crippen LogP contribution in [-0.4, -0.2) is 25.9 Å². The molecule has 5 nitrogen and oxygen atoms in total. The van der Waals surface area contributed by atoms with Gasteiger partial charge in [-0.2, -0.15) is 5.10 Å². The first-order chi connectivity index (χ1) is 10.4. The van der Waals surface area contributed by atoms with Gasteiger partial charge in [-0.3, -0.25) is 4.68 Å². The smallest absolute Gasteiger partial charge is 0.0958 e. The fourth-order valence-corrected chi connectivity index (χ4v) is 2.57. The lowest BCUT2D eigenvalue weighted by molar-refractivity contribution is 0.553. The van der Waals surface area contributed by atoms with Crippen LogP contribution in [0.3, 0.4) is 0 Å². The normalized spacial score (nSPS) is 11.3. The van der Waals surface area contributed by atoms with Gasteiger partial charge in [-0.15, -0.1) is 0 Å². The molecule has 0 aliphatic rings. The molecule has 3 aromatic rings. The fraction of sp³-hybridized carbons (Fsp3) is 0.375. The third kappa shape index (κ3) is 3.13. The summed E-state index contributed by atoms with van der Waals surface area (Å²) < 4.78 is 4.24. The molecule has 0 unspecified atom stereocenters. The quantitative estimate of drug-likeness (QED) is 0.677. The molecule has 2 heterocycles. The number of para-hydroxylation sites is 2. The highest BCUT2D eigenvalue weighted by molar-refractivity contribution is 5.74. The largest absolute Gasteiger partial charge is 0.331 e. The molecule has 0 aliphatic carbocycles. The molecule has 0 amide bonds. The lowest BCUT2D eigenvalue weighted by atomic mass is 10.3. The zero-order chi connectivity index (χ0) is 14.5. The van der Waals surface area contributed by atoms with Crippen molar-refractivity contribution in [3.05, 3.63) is 48.5 Å². The predicted octanol–water partition coefficient (Wildman–Crippen LogP) is 2.43. The van der Waals surface area contributed by atoms with Crippen LogP contribution in [0.15, 0.2) is 42.9 Å². The van der Waals surface area contributed by atoms with Crippen LogP contribution >= 0.6 is 0 Å². The van der Waals surface area contributed by atoms with Crippen molar-refractivity contribution in [2.24, 2.45) is 0 Å². The van der Waals surface area contributed by atoms with E-state index in [9.17, 15) is 0 Å². The van der Waals surface area contributed by atoms with Crippen LogP contribution in [0.4, 0.5) is 0 Å². The Kier molecular flexibility index (Phi) is 4.31. The van der Waals surface area contributed by atoms with Crippen molar-refractivity contribution in [3.8, 4) is 0 Å². The van der Waals surface area contributed by atoms with E-state index in [4.69, 9.17) is 0 Å². The number of fused-ring (bicyclic) bond motifs is 1. The molecule has 0 saturated carbocycles. The van der Waals surface area contributed by atoms with Gasteiger partial charge in [-0.25, -0.2) is 4.98 Å². The summed E-state index contributed by atoms with van der Waals surface area (Å²) in [6.07, 6.45) is 4.87. The highest BCUT2D eigenvalue weighted by Gasteiger charge is 2.02. The van der Waals surface area contributed by atoms with Gasteiger partial charge in [-0.05, 0) is 38.1 Å². The second-order valence-electron chi connectivity index (χ2n) is 5.10. The average Bonchev–Trinajstić information content (AvgIpc) is 3.13. The zero-order valence-corrected chi connectivity index (χ0v) is 12.4. The Morgan fingerprint density at radius 3 is 3.00 bits per heavy atom. The molecule has 0 spiro atoms. The molecule has 0 aliphatic heterocycles. The molecular weight excluding hydrogens is 262 g/mol. The van der Waals surface area contributed by atoms with Crippen molar-refractivity contribution < 1.29 is 0 Å². The van der Waals surface area contributed by atoms with Gasteiger partial charge in [0.25, 0.3) is 0 Å². The first kappa shape index (κ1) is 13.8. The van der Waals surface area contributed by atoms with E-state index in [1.54, 1.807) is 0 Å². The fourth-order valence-electron chi connectivity index (χ4n) is 2.57. The topological polar surface area (TPSA) is 47.7 Å². The van der Waals surface area contributed by atoms with Gasteiger partial charge < -0.3 is 9.88 Å². The molecule has 1 aromatic carbocycles. The van der Waals surface area contributed by atoms with Crippen LogP contribution in [0.25, 0.3) is 11.0 Å². The number of aromatic nitrogens is 4. The van der Waals surface area contributed by atoms with Crippen molar-refractivity contribution in [2.75, 3.05) is 6.54 Å². The molecule has 1 N–H and O–H groups in total. The molecule has 3 rings (SSSR count). The van der Waals surface area contributed by atoms with E-state index in [1.165, 1.54) is 11.2 Å². The van der Waals surface area contributed by atoms with Crippen molar-refractivity contribution in [1.82, 2.24) is 24.6 Å². The number of hydrogen-bond donors (Lipinski definition) is 1. The maximum atomic E-state index is 4.41. The summed E-state index contributed by atoms with van der Waals surface area (Å²) in [5.74, 6) is 0. The lowest BCUT2D eigenvalue weighted by Gasteiger charge is -2.07. The predicted molar refractivity (Wildman–Crippen MR) is 84.0 cm³/mol. The Labute approximate surface area is 124 Å². The van der Waals surface area contributed by atoms with E-state index in [1.807, 2.05) is 23.3 Å². The highest BCUT2D eigenvalue weighted by atomic mass is 15.3. The van der Waals surface area contributed by atoms with Crippen LogP contribution in [-0.2, 0) is 19.6 Å². The van der Waals surface area contributed by atoms with E-state index >= 15 is 0 Å². The maximum absolute atomic E-state index is 4.41. The number of hydrogen-bond acceptors (Lipinski definition) is 3. The minimum atomic E-state index is 0.874. The lowest BCUT2D eigenvalue weighted by Crippen LogP contribution is -2.18. The van der Waals surface area contributed by atoms with Gasteiger partial charge >= 0.3 is 0 Å². The summed E-state index contributed by atoms with van der Waals surface area (Å²) in [5, 5.41) is 7.75. The molecule has 5 heteroatoms. The molecule has 0 fully saturated rings. The molecule has 0 atom stereocenters. The van der Waals surface area contributed by atoms with Crippen LogP contribution in [0.2, 0.25) is 0 Å². The molecule has 110 valence electrons. The van der Waals surface area contributed by atoms with Crippen molar-refractivity contribution >= 4 is 11.0 Å². The molecular formula is C16H21N5. The van der Waals surface area contributed by atoms with Crippen LogP contribution < -0.4 is 5.32 Å². The summed E-state index contributed by atoms with van der Waals surface area (Å²) in [6, 6.07) is 10.3. The monoisotopic (exact) mass is 283 g/mol. The number of benzene rings is 1. The summed E-state index contributed by atoms with van der Waals surface area (Å²) in [6.45, 7) is 5.88. The number of rotatable bonds is 7. The maximum Gasteiger partial charge on any atom is 0.0958 e. The first-order valence-corrected chi connectivity index (χ1v) is 7.49. The molecule has 0 radical (unpaired) electrons. The standard InChI is InChI=1S/C16H21N5/c1-2-21-14(8-10-19-21)12-17-9-5-11-20-13-18-15-6-3-4-7-16(15)20/h3-4,6-8,10,13,17H,2,5,9,11-12H2,1H3. The van der Waals surface area contributed by atoms with Crippen molar-refractivity contribution in [3.63, 3.8) is 0 Å². The number of imidazole rings is 1.